The van der Waals surface area contributed by atoms with Crippen molar-refractivity contribution >= 4 is 5.91 Å². The summed E-state index contributed by atoms with van der Waals surface area (Å²) in [5.41, 5.74) is 0. The average Bonchev–Trinajstić information content (AvgIpc) is 3.32. The number of carbonyl (C=O) groups excluding carboxylic acids is 1. The van der Waals surface area contributed by atoms with Gasteiger partial charge in [0, 0.05) is 6.42 Å². The molecule has 0 rings (SSSR count). The molecule has 5 heteroatoms. The lowest BCUT2D eigenvalue weighted by atomic mass is 10.0. The molecule has 0 aliphatic rings. The van der Waals surface area contributed by atoms with Crippen LogP contribution in [0.2, 0.25) is 0 Å². The third-order valence-corrected chi connectivity index (χ3v) is 13.9. The van der Waals surface area contributed by atoms with Crippen molar-refractivity contribution in [2.45, 2.75) is 340 Å². The molecular formula is C61H117NO4. The largest absolute Gasteiger partial charge is 0.394 e. The quantitative estimate of drug-likeness (QED) is 0.0361. The lowest BCUT2D eigenvalue weighted by Crippen LogP contribution is -2.50. The van der Waals surface area contributed by atoms with Crippen LogP contribution in [0.3, 0.4) is 0 Å². The second-order valence-corrected chi connectivity index (χ2v) is 20.5. The van der Waals surface area contributed by atoms with Crippen molar-refractivity contribution in [1.29, 1.82) is 0 Å². The van der Waals surface area contributed by atoms with Gasteiger partial charge in [0.05, 0.1) is 18.8 Å². The van der Waals surface area contributed by atoms with Gasteiger partial charge in [0.25, 0.3) is 0 Å². The summed E-state index contributed by atoms with van der Waals surface area (Å²) in [4.78, 5) is 12.5. The Hall–Kier alpha value is -1.43. The van der Waals surface area contributed by atoms with E-state index in [1.165, 1.54) is 250 Å². The van der Waals surface area contributed by atoms with Crippen molar-refractivity contribution in [2.75, 3.05) is 6.61 Å². The number of unbranched alkanes of at least 4 members (excludes halogenated alkanes) is 41. The number of aliphatic hydroxyl groups excluding tert-OH is 3. The van der Waals surface area contributed by atoms with Crippen LogP contribution >= 0.6 is 0 Å². The zero-order chi connectivity index (χ0) is 47.9. The minimum Gasteiger partial charge on any atom is -0.394 e. The average molecular weight is 929 g/mol. The van der Waals surface area contributed by atoms with Crippen LogP contribution < -0.4 is 5.32 Å². The van der Waals surface area contributed by atoms with Crippen LogP contribution in [0.25, 0.3) is 0 Å². The van der Waals surface area contributed by atoms with Gasteiger partial charge in [-0.15, -0.1) is 0 Å². The highest BCUT2D eigenvalue weighted by atomic mass is 16.3. The molecule has 66 heavy (non-hydrogen) atoms. The number of allylic oxidation sites excluding steroid dienone is 6. The normalized spacial score (nSPS) is 13.5. The van der Waals surface area contributed by atoms with Gasteiger partial charge in [-0.25, -0.2) is 0 Å². The molecule has 0 fully saturated rings. The second-order valence-electron chi connectivity index (χ2n) is 20.5. The maximum absolute atomic E-state index is 12.5. The Labute approximate surface area is 413 Å². The number of nitrogens with one attached hydrogen (secondary N) is 1. The first-order valence-corrected chi connectivity index (χ1v) is 29.8. The molecular weight excluding hydrogens is 811 g/mol. The summed E-state index contributed by atoms with van der Waals surface area (Å²) in [5.74, 6) is -0.154. The molecule has 1 amide bonds. The fraction of sp³-hybridized carbons (Fsp3) is 0.885. The van der Waals surface area contributed by atoms with Crippen LogP contribution in [0.5, 0.6) is 0 Å². The van der Waals surface area contributed by atoms with Crippen LogP contribution in [0.4, 0.5) is 0 Å². The van der Waals surface area contributed by atoms with E-state index in [1.54, 1.807) is 0 Å². The lowest BCUT2D eigenvalue weighted by Gasteiger charge is -2.26. The van der Waals surface area contributed by atoms with Gasteiger partial charge in [-0.1, -0.05) is 275 Å². The molecule has 3 atom stereocenters. The molecule has 0 aromatic heterocycles. The van der Waals surface area contributed by atoms with Crippen molar-refractivity contribution in [3.63, 3.8) is 0 Å². The molecule has 0 aromatic carbocycles. The zero-order valence-electron chi connectivity index (χ0n) is 44.6. The number of aliphatic hydroxyl groups is 3. The molecule has 4 N–H and O–H groups in total. The molecule has 390 valence electrons. The van der Waals surface area contributed by atoms with Crippen molar-refractivity contribution < 1.29 is 20.1 Å². The van der Waals surface area contributed by atoms with Gasteiger partial charge in [0.2, 0.25) is 5.91 Å². The van der Waals surface area contributed by atoms with E-state index in [1.807, 2.05) is 0 Å². The van der Waals surface area contributed by atoms with Gasteiger partial charge in [0.1, 0.15) is 6.10 Å². The monoisotopic (exact) mass is 928 g/mol. The Morgan fingerprint density at radius 3 is 0.924 bits per heavy atom. The molecule has 3 unspecified atom stereocenters. The molecule has 0 aliphatic carbocycles. The fourth-order valence-corrected chi connectivity index (χ4v) is 9.35. The van der Waals surface area contributed by atoms with Gasteiger partial charge >= 0.3 is 0 Å². The highest BCUT2D eigenvalue weighted by Gasteiger charge is 2.26. The van der Waals surface area contributed by atoms with Gasteiger partial charge in [0.15, 0.2) is 0 Å². The van der Waals surface area contributed by atoms with Gasteiger partial charge in [-0.3, -0.25) is 4.79 Å². The van der Waals surface area contributed by atoms with Crippen molar-refractivity contribution in [3.05, 3.63) is 36.5 Å². The van der Waals surface area contributed by atoms with Gasteiger partial charge in [-0.2, -0.15) is 0 Å². The van der Waals surface area contributed by atoms with E-state index < -0.39 is 18.2 Å². The molecule has 0 aliphatic heterocycles. The maximum Gasteiger partial charge on any atom is 0.220 e. The minimum atomic E-state index is -1.17. The van der Waals surface area contributed by atoms with Crippen molar-refractivity contribution in [2.24, 2.45) is 0 Å². The summed E-state index contributed by atoms with van der Waals surface area (Å²) in [6.07, 6.45) is 73.2. The van der Waals surface area contributed by atoms with E-state index in [0.717, 1.165) is 44.9 Å². The maximum atomic E-state index is 12.5. The Kier molecular flexibility index (Phi) is 54.9. The summed E-state index contributed by atoms with van der Waals surface area (Å²) in [6, 6.07) is -0.833. The Morgan fingerprint density at radius 2 is 0.621 bits per heavy atom. The van der Waals surface area contributed by atoms with Crippen LogP contribution in [0.1, 0.15) is 322 Å². The Morgan fingerprint density at radius 1 is 0.364 bits per heavy atom. The lowest BCUT2D eigenvalue weighted by molar-refractivity contribution is -0.124. The highest BCUT2D eigenvalue weighted by Crippen LogP contribution is 2.17. The summed E-state index contributed by atoms with van der Waals surface area (Å²) in [7, 11) is 0. The molecule has 0 radical (unpaired) electrons. The molecule has 0 aromatic rings. The molecule has 0 saturated heterocycles. The van der Waals surface area contributed by atoms with Gasteiger partial charge < -0.3 is 20.6 Å². The topological polar surface area (TPSA) is 89.8 Å². The summed E-state index contributed by atoms with van der Waals surface area (Å²) in [5, 5.41) is 33.8. The number of carbonyl (C=O) groups is 1. The smallest absolute Gasteiger partial charge is 0.220 e. The van der Waals surface area contributed by atoms with Gasteiger partial charge in [-0.05, 0) is 77.0 Å². The number of rotatable bonds is 55. The van der Waals surface area contributed by atoms with E-state index in [-0.39, 0.29) is 12.5 Å². The first kappa shape index (κ1) is 64.6. The molecule has 0 bridgehead atoms. The number of amides is 1. The van der Waals surface area contributed by atoms with E-state index >= 15 is 0 Å². The molecule has 5 nitrogen and oxygen atoms in total. The van der Waals surface area contributed by atoms with E-state index in [4.69, 9.17) is 0 Å². The van der Waals surface area contributed by atoms with Crippen LogP contribution in [0, 0.1) is 0 Å². The fourth-order valence-electron chi connectivity index (χ4n) is 9.35. The third kappa shape index (κ3) is 50.4. The van der Waals surface area contributed by atoms with Crippen LogP contribution in [-0.4, -0.2) is 46.1 Å². The highest BCUT2D eigenvalue weighted by molar-refractivity contribution is 5.76. The molecule has 0 spiro atoms. The predicted octanol–water partition coefficient (Wildman–Crippen LogP) is 18.6. The Bertz CT molecular complexity index is 1020. The summed E-state index contributed by atoms with van der Waals surface area (Å²) >= 11 is 0. The first-order valence-electron chi connectivity index (χ1n) is 29.8. The number of hydrogen-bond acceptors (Lipinski definition) is 4. The van der Waals surface area contributed by atoms with Crippen molar-refractivity contribution in [3.8, 4) is 0 Å². The van der Waals surface area contributed by atoms with E-state index in [2.05, 4.69) is 55.6 Å². The number of hydrogen-bond donors (Lipinski definition) is 4. The summed E-state index contributed by atoms with van der Waals surface area (Å²) < 4.78 is 0. The first-order chi connectivity index (χ1) is 32.6. The van der Waals surface area contributed by atoms with E-state index in [0.29, 0.717) is 12.8 Å². The van der Waals surface area contributed by atoms with Crippen molar-refractivity contribution in [1.82, 2.24) is 5.32 Å². The standard InChI is InChI=1S/C61H117NO4/c1-3-5-7-9-11-13-15-17-19-21-23-25-27-28-29-30-31-32-34-36-38-40-42-44-46-48-50-52-54-56-60(65)62-58(57-63)61(66)59(64)55-53-51-49-47-45-43-41-39-37-35-33-26-24-22-20-18-16-14-12-10-8-6-4-2/h28-29,39,41,47,49,58-59,61,63-64,66H,3-27,30-38,40,42-46,48,50-57H2,1-2H3,(H,62,65)/b29-28-,41-39+,49-47+. The summed E-state index contributed by atoms with van der Waals surface area (Å²) in [6.45, 7) is 4.20. The minimum absolute atomic E-state index is 0.154. The molecule has 0 saturated carbocycles. The molecule has 0 heterocycles. The Balaban J connectivity index is 3.56. The third-order valence-electron chi connectivity index (χ3n) is 13.9. The zero-order valence-corrected chi connectivity index (χ0v) is 44.6. The predicted molar refractivity (Wildman–Crippen MR) is 291 cm³/mol. The SMILES string of the molecule is CCCCCCCCCCCCCC/C=C\CCCCCCCCCCCCCCCC(=O)NC(CO)C(O)C(O)CCC/C=C/CC/C=C/CCCCCCCCCCCCCCCC. The van der Waals surface area contributed by atoms with Crippen LogP contribution in [-0.2, 0) is 4.79 Å². The second kappa shape index (κ2) is 56.2. The van der Waals surface area contributed by atoms with Crippen LogP contribution in [0.15, 0.2) is 36.5 Å². The van der Waals surface area contributed by atoms with E-state index in [9.17, 15) is 20.1 Å².